The average molecular weight is 324 g/mol. The van der Waals surface area contributed by atoms with Gasteiger partial charge in [0, 0.05) is 11.6 Å². The van der Waals surface area contributed by atoms with Gasteiger partial charge in [-0.3, -0.25) is 9.59 Å². The van der Waals surface area contributed by atoms with Crippen molar-refractivity contribution in [3.63, 3.8) is 0 Å². The van der Waals surface area contributed by atoms with Crippen LogP contribution < -0.4 is 10.6 Å². The Morgan fingerprint density at radius 2 is 1.83 bits per heavy atom. The topological polar surface area (TPSA) is 78.4 Å². The Labute approximate surface area is 140 Å². The molecule has 1 saturated carbocycles. The largest absolute Gasteiger partial charge is 0.508 e. The summed E-state index contributed by atoms with van der Waals surface area (Å²) in [5, 5.41) is 14.6. The summed E-state index contributed by atoms with van der Waals surface area (Å²) in [5.41, 5.74) is 2.99. The second kappa shape index (κ2) is 6.74. The molecule has 0 bridgehead atoms. The van der Waals surface area contributed by atoms with Crippen molar-refractivity contribution in [3.8, 4) is 5.75 Å². The molecule has 1 fully saturated rings. The Balaban J connectivity index is 1.47. The Morgan fingerprint density at radius 3 is 2.54 bits per heavy atom. The Bertz CT molecular complexity index is 755. The van der Waals surface area contributed by atoms with Crippen LogP contribution in [-0.4, -0.2) is 23.5 Å². The van der Waals surface area contributed by atoms with E-state index in [0.717, 1.165) is 6.42 Å². The average Bonchev–Trinajstić information content (AvgIpc) is 3.36. The molecule has 0 spiro atoms. The predicted molar refractivity (Wildman–Crippen MR) is 91.8 cm³/mol. The molecule has 2 amide bonds. The number of phenols is 1. The molecule has 24 heavy (non-hydrogen) atoms. The van der Waals surface area contributed by atoms with Gasteiger partial charge in [-0.1, -0.05) is 24.3 Å². The van der Waals surface area contributed by atoms with E-state index in [-0.39, 0.29) is 35.9 Å². The zero-order chi connectivity index (χ0) is 17.1. The highest BCUT2D eigenvalue weighted by molar-refractivity contribution is 5.95. The van der Waals surface area contributed by atoms with Gasteiger partial charge in [-0.2, -0.15) is 0 Å². The van der Waals surface area contributed by atoms with Crippen LogP contribution in [0.4, 0.5) is 5.69 Å². The first-order valence-corrected chi connectivity index (χ1v) is 7.96. The predicted octanol–water partition coefficient (Wildman–Crippen LogP) is 2.56. The number of aromatic hydroxyl groups is 1. The molecule has 2 atom stereocenters. The van der Waals surface area contributed by atoms with Crippen molar-refractivity contribution in [1.29, 1.82) is 0 Å². The van der Waals surface area contributed by atoms with Gasteiger partial charge in [0.1, 0.15) is 5.75 Å². The van der Waals surface area contributed by atoms with Crippen LogP contribution in [0, 0.1) is 12.8 Å². The highest BCUT2D eigenvalue weighted by atomic mass is 16.3. The third-order valence-electron chi connectivity index (χ3n) is 4.29. The molecule has 2 aromatic carbocycles. The van der Waals surface area contributed by atoms with Crippen LogP contribution in [-0.2, 0) is 9.59 Å². The first kappa shape index (κ1) is 16.1. The van der Waals surface area contributed by atoms with Gasteiger partial charge in [0.05, 0.1) is 6.54 Å². The highest BCUT2D eigenvalue weighted by Crippen LogP contribution is 2.48. The third kappa shape index (κ3) is 3.74. The summed E-state index contributed by atoms with van der Waals surface area (Å²) in [6.45, 7) is 1.99. The fourth-order valence-corrected chi connectivity index (χ4v) is 2.88. The summed E-state index contributed by atoms with van der Waals surface area (Å²) >= 11 is 0. The fourth-order valence-electron chi connectivity index (χ4n) is 2.88. The number of carbonyl (C=O) groups excluding carboxylic acids is 2. The van der Waals surface area contributed by atoms with Crippen molar-refractivity contribution >= 4 is 17.5 Å². The van der Waals surface area contributed by atoms with E-state index >= 15 is 0 Å². The molecule has 0 radical (unpaired) electrons. The van der Waals surface area contributed by atoms with Gasteiger partial charge in [-0.25, -0.2) is 0 Å². The molecular formula is C19H20N2O3. The van der Waals surface area contributed by atoms with E-state index in [4.69, 9.17) is 0 Å². The maximum atomic E-state index is 12.2. The number of hydrogen-bond donors (Lipinski definition) is 3. The van der Waals surface area contributed by atoms with Crippen molar-refractivity contribution in [2.75, 3.05) is 11.9 Å². The number of nitrogens with one attached hydrogen (secondary N) is 2. The maximum absolute atomic E-state index is 12.2. The molecule has 0 aromatic heterocycles. The van der Waals surface area contributed by atoms with Gasteiger partial charge in [0.15, 0.2) is 0 Å². The SMILES string of the molecule is Cc1ccccc1[C@H]1C[C@H]1C(=O)NCC(=O)Nc1ccc(O)cc1. The van der Waals surface area contributed by atoms with Gasteiger partial charge in [-0.05, 0) is 54.7 Å². The minimum atomic E-state index is -0.290. The van der Waals surface area contributed by atoms with Crippen LogP contribution in [0.5, 0.6) is 5.75 Å². The zero-order valence-electron chi connectivity index (χ0n) is 13.5. The van der Waals surface area contributed by atoms with Crippen LogP contribution in [0.1, 0.15) is 23.5 Å². The number of rotatable bonds is 5. The lowest BCUT2D eigenvalue weighted by Gasteiger charge is -2.08. The lowest BCUT2D eigenvalue weighted by Crippen LogP contribution is -2.34. The van der Waals surface area contributed by atoms with E-state index < -0.39 is 0 Å². The molecule has 0 aliphatic heterocycles. The molecule has 5 heteroatoms. The normalized spacial score (nSPS) is 18.7. The summed E-state index contributed by atoms with van der Waals surface area (Å²) in [7, 11) is 0. The van der Waals surface area contributed by atoms with Crippen LogP contribution in [0.25, 0.3) is 0 Å². The number of phenolic OH excluding ortho intramolecular Hbond substituents is 1. The van der Waals surface area contributed by atoms with E-state index in [9.17, 15) is 14.7 Å². The standard InChI is InChI=1S/C19H20N2O3/c1-12-4-2-3-5-15(12)16-10-17(16)19(24)20-11-18(23)21-13-6-8-14(22)9-7-13/h2-9,16-17,22H,10-11H2,1H3,(H,20,24)(H,21,23)/t16-,17-/m1/s1. The number of hydrogen-bond acceptors (Lipinski definition) is 3. The number of amides is 2. The smallest absolute Gasteiger partial charge is 0.243 e. The second-order valence-corrected chi connectivity index (χ2v) is 6.12. The summed E-state index contributed by atoms with van der Waals surface area (Å²) in [6.07, 6.45) is 0.830. The Kier molecular flexibility index (Phi) is 4.51. The molecule has 3 rings (SSSR count). The van der Waals surface area contributed by atoms with Crippen LogP contribution in [0.15, 0.2) is 48.5 Å². The number of benzene rings is 2. The van der Waals surface area contributed by atoms with Crippen molar-refractivity contribution < 1.29 is 14.7 Å². The van der Waals surface area contributed by atoms with E-state index in [1.807, 2.05) is 25.1 Å². The quantitative estimate of drug-likeness (QED) is 0.740. The second-order valence-electron chi connectivity index (χ2n) is 6.12. The molecule has 3 N–H and O–H groups in total. The number of aryl methyl sites for hydroxylation is 1. The fraction of sp³-hybridized carbons (Fsp3) is 0.263. The minimum absolute atomic E-state index is 0.0485. The third-order valence-corrected chi connectivity index (χ3v) is 4.29. The monoisotopic (exact) mass is 324 g/mol. The molecule has 0 saturated heterocycles. The van der Waals surface area contributed by atoms with E-state index in [1.54, 1.807) is 12.1 Å². The van der Waals surface area contributed by atoms with Crippen molar-refractivity contribution in [3.05, 3.63) is 59.7 Å². The Morgan fingerprint density at radius 1 is 1.12 bits per heavy atom. The highest BCUT2D eigenvalue weighted by Gasteiger charge is 2.44. The first-order chi connectivity index (χ1) is 11.5. The Hall–Kier alpha value is -2.82. The molecular weight excluding hydrogens is 304 g/mol. The lowest BCUT2D eigenvalue weighted by molar-refractivity contribution is -0.125. The summed E-state index contributed by atoms with van der Waals surface area (Å²) in [6, 6.07) is 14.3. The summed E-state index contributed by atoms with van der Waals surface area (Å²) in [4.78, 5) is 24.0. The molecule has 1 aliphatic carbocycles. The summed E-state index contributed by atoms with van der Waals surface area (Å²) in [5.74, 6) is -0.0255. The molecule has 0 heterocycles. The van der Waals surface area contributed by atoms with Crippen molar-refractivity contribution in [2.24, 2.45) is 5.92 Å². The number of anilines is 1. The van der Waals surface area contributed by atoms with Crippen LogP contribution in [0.2, 0.25) is 0 Å². The van der Waals surface area contributed by atoms with Crippen molar-refractivity contribution in [1.82, 2.24) is 5.32 Å². The lowest BCUT2D eigenvalue weighted by atomic mass is 10.0. The molecule has 2 aromatic rings. The van der Waals surface area contributed by atoms with E-state index in [1.165, 1.54) is 23.3 Å². The van der Waals surface area contributed by atoms with Crippen LogP contribution >= 0.6 is 0 Å². The van der Waals surface area contributed by atoms with Gasteiger partial charge in [0.25, 0.3) is 0 Å². The zero-order valence-corrected chi connectivity index (χ0v) is 13.5. The maximum Gasteiger partial charge on any atom is 0.243 e. The molecule has 5 nitrogen and oxygen atoms in total. The van der Waals surface area contributed by atoms with Crippen molar-refractivity contribution in [2.45, 2.75) is 19.3 Å². The molecule has 124 valence electrons. The van der Waals surface area contributed by atoms with Gasteiger partial charge < -0.3 is 15.7 Å². The minimum Gasteiger partial charge on any atom is -0.508 e. The molecule has 1 aliphatic rings. The van der Waals surface area contributed by atoms with Crippen LogP contribution in [0.3, 0.4) is 0 Å². The molecule has 0 unspecified atom stereocenters. The van der Waals surface area contributed by atoms with E-state index in [2.05, 4.69) is 16.7 Å². The van der Waals surface area contributed by atoms with E-state index in [0.29, 0.717) is 5.69 Å². The van der Waals surface area contributed by atoms with Gasteiger partial charge in [-0.15, -0.1) is 0 Å². The summed E-state index contributed by atoms with van der Waals surface area (Å²) < 4.78 is 0. The van der Waals surface area contributed by atoms with Gasteiger partial charge >= 0.3 is 0 Å². The first-order valence-electron chi connectivity index (χ1n) is 7.96. The number of carbonyl (C=O) groups is 2. The van der Waals surface area contributed by atoms with Gasteiger partial charge in [0.2, 0.25) is 11.8 Å².